The molecule has 3 aliphatic rings. The van der Waals surface area contributed by atoms with Crippen LogP contribution >= 0.6 is 0 Å². The molecule has 1 N–H and O–H groups in total. The number of nitrogens with zero attached hydrogens (tertiary/aromatic N) is 3. The lowest BCUT2D eigenvalue weighted by atomic mass is 9.87. The van der Waals surface area contributed by atoms with Crippen LogP contribution in [0.2, 0.25) is 0 Å². The molecular formula is C18H26N4O2. The summed E-state index contributed by atoms with van der Waals surface area (Å²) in [7, 11) is 0. The van der Waals surface area contributed by atoms with Crippen molar-refractivity contribution >= 4 is 11.8 Å². The zero-order valence-corrected chi connectivity index (χ0v) is 14.2. The fourth-order valence-electron chi connectivity index (χ4n) is 4.47. The molecule has 2 amide bonds. The van der Waals surface area contributed by atoms with Crippen molar-refractivity contribution in [2.75, 3.05) is 19.6 Å². The van der Waals surface area contributed by atoms with Gasteiger partial charge < -0.3 is 9.80 Å². The minimum Gasteiger partial charge on any atom is -0.338 e. The van der Waals surface area contributed by atoms with Crippen molar-refractivity contribution in [3.8, 4) is 0 Å². The Morgan fingerprint density at radius 2 is 1.96 bits per heavy atom. The summed E-state index contributed by atoms with van der Waals surface area (Å²) in [6.07, 6.45) is 8.74. The van der Waals surface area contributed by atoms with Crippen molar-refractivity contribution in [2.45, 2.75) is 63.3 Å². The van der Waals surface area contributed by atoms with E-state index in [-0.39, 0.29) is 17.9 Å². The molecule has 0 bridgehead atoms. The third-order valence-corrected chi connectivity index (χ3v) is 5.86. The van der Waals surface area contributed by atoms with E-state index >= 15 is 0 Å². The molecule has 2 aliphatic heterocycles. The Morgan fingerprint density at radius 1 is 1.12 bits per heavy atom. The van der Waals surface area contributed by atoms with E-state index in [1.165, 1.54) is 32.1 Å². The monoisotopic (exact) mass is 330 g/mol. The van der Waals surface area contributed by atoms with Crippen LogP contribution in [-0.2, 0) is 4.79 Å². The number of nitrogens with one attached hydrogen (secondary N) is 1. The molecule has 130 valence electrons. The summed E-state index contributed by atoms with van der Waals surface area (Å²) < 4.78 is 0. The second-order valence-corrected chi connectivity index (χ2v) is 7.43. The average Bonchev–Trinajstić information content (AvgIpc) is 3.35. The lowest BCUT2D eigenvalue weighted by Crippen LogP contribution is -2.39. The molecule has 0 radical (unpaired) electrons. The molecule has 1 saturated carbocycles. The van der Waals surface area contributed by atoms with Crippen LogP contribution in [0.15, 0.2) is 6.07 Å². The first kappa shape index (κ1) is 15.7. The van der Waals surface area contributed by atoms with Gasteiger partial charge in [0.05, 0.1) is 6.04 Å². The smallest absolute Gasteiger partial charge is 0.274 e. The maximum Gasteiger partial charge on any atom is 0.274 e. The van der Waals surface area contributed by atoms with E-state index in [4.69, 9.17) is 0 Å². The highest BCUT2D eigenvalue weighted by Gasteiger charge is 2.35. The van der Waals surface area contributed by atoms with Crippen LogP contribution in [0.5, 0.6) is 0 Å². The number of rotatable bonds is 3. The highest BCUT2D eigenvalue weighted by atomic mass is 16.2. The Hall–Kier alpha value is -1.85. The zero-order valence-electron chi connectivity index (χ0n) is 14.2. The number of hydrogen-bond donors (Lipinski definition) is 1. The molecule has 3 heterocycles. The quantitative estimate of drug-likeness (QED) is 0.924. The van der Waals surface area contributed by atoms with Crippen molar-refractivity contribution in [1.82, 2.24) is 20.0 Å². The van der Waals surface area contributed by atoms with E-state index < -0.39 is 0 Å². The van der Waals surface area contributed by atoms with Gasteiger partial charge in [-0.2, -0.15) is 5.10 Å². The number of carbonyl (C=O) groups is 2. The summed E-state index contributed by atoms with van der Waals surface area (Å²) in [5.41, 5.74) is 1.65. The number of carbonyl (C=O) groups excluding carboxylic acids is 2. The zero-order chi connectivity index (χ0) is 16.5. The predicted octanol–water partition coefficient (Wildman–Crippen LogP) is 2.29. The van der Waals surface area contributed by atoms with Gasteiger partial charge in [-0.25, -0.2) is 0 Å². The van der Waals surface area contributed by atoms with Gasteiger partial charge in [0, 0.05) is 37.7 Å². The molecule has 2 saturated heterocycles. The first-order valence-corrected chi connectivity index (χ1v) is 9.36. The van der Waals surface area contributed by atoms with Gasteiger partial charge in [0.25, 0.3) is 5.91 Å². The molecule has 0 aromatic carbocycles. The Bertz CT molecular complexity index is 620. The molecule has 6 heteroatoms. The number of amides is 2. The normalized spacial score (nSPS) is 25.7. The SMILES string of the molecule is O=C(c1cc(C2CCCCC2)[nH]n1)N1CCC(N2CCCC2=O)C1. The van der Waals surface area contributed by atoms with Gasteiger partial charge in [0.2, 0.25) is 5.91 Å². The third-order valence-electron chi connectivity index (χ3n) is 5.86. The summed E-state index contributed by atoms with van der Waals surface area (Å²) in [6.45, 7) is 2.22. The van der Waals surface area contributed by atoms with Gasteiger partial charge in [0.15, 0.2) is 0 Å². The first-order valence-electron chi connectivity index (χ1n) is 9.36. The second kappa shape index (κ2) is 6.57. The van der Waals surface area contributed by atoms with Gasteiger partial charge in [0.1, 0.15) is 5.69 Å². The van der Waals surface area contributed by atoms with Gasteiger partial charge in [-0.1, -0.05) is 19.3 Å². The fourth-order valence-corrected chi connectivity index (χ4v) is 4.47. The summed E-state index contributed by atoms with van der Waals surface area (Å²) >= 11 is 0. The second-order valence-electron chi connectivity index (χ2n) is 7.43. The van der Waals surface area contributed by atoms with Crippen LogP contribution in [0.4, 0.5) is 0 Å². The largest absolute Gasteiger partial charge is 0.338 e. The van der Waals surface area contributed by atoms with Crippen LogP contribution in [0.25, 0.3) is 0 Å². The van der Waals surface area contributed by atoms with Crippen molar-refractivity contribution in [2.24, 2.45) is 0 Å². The molecule has 3 fully saturated rings. The molecule has 1 aliphatic carbocycles. The van der Waals surface area contributed by atoms with Crippen molar-refractivity contribution in [1.29, 1.82) is 0 Å². The molecule has 1 unspecified atom stereocenters. The Balaban J connectivity index is 1.39. The lowest BCUT2D eigenvalue weighted by molar-refractivity contribution is -0.129. The van der Waals surface area contributed by atoms with E-state index in [9.17, 15) is 9.59 Å². The molecule has 4 rings (SSSR count). The molecule has 24 heavy (non-hydrogen) atoms. The number of hydrogen-bond acceptors (Lipinski definition) is 3. The summed E-state index contributed by atoms with van der Waals surface area (Å²) in [4.78, 5) is 28.4. The number of likely N-dealkylation sites (tertiary alicyclic amines) is 2. The molecule has 6 nitrogen and oxygen atoms in total. The van der Waals surface area contributed by atoms with E-state index in [0.29, 0.717) is 24.6 Å². The van der Waals surface area contributed by atoms with E-state index in [1.54, 1.807) is 0 Å². The highest BCUT2D eigenvalue weighted by molar-refractivity contribution is 5.92. The number of H-pyrrole nitrogens is 1. The van der Waals surface area contributed by atoms with Crippen molar-refractivity contribution in [3.63, 3.8) is 0 Å². The third kappa shape index (κ3) is 2.94. The summed E-state index contributed by atoms with van der Waals surface area (Å²) in [5.74, 6) is 0.775. The Kier molecular flexibility index (Phi) is 4.29. The van der Waals surface area contributed by atoms with Gasteiger partial charge in [-0.15, -0.1) is 0 Å². The summed E-state index contributed by atoms with van der Waals surface area (Å²) in [5, 5.41) is 7.37. The molecular weight excluding hydrogens is 304 g/mol. The Morgan fingerprint density at radius 3 is 2.71 bits per heavy atom. The van der Waals surface area contributed by atoms with Gasteiger partial charge in [-0.05, 0) is 31.7 Å². The van der Waals surface area contributed by atoms with E-state index in [0.717, 1.165) is 31.6 Å². The summed E-state index contributed by atoms with van der Waals surface area (Å²) in [6, 6.07) is 2.15. The maximum atomic E-state index is 12.7. The highest BCUT2D eigenvalue weighted by Crippen LogP contribution is 2.32. The molecule has 0 spiro atoms. The fraction of sp³-hybridized carbons (Fsp3) is 0.722. The predicted molar refractivity (Wildman–Crippen MR) is 89.7 cm³/mol. The first-order chi connectivity index (χ1) is 11.7. The van der Waals surface area contributed by atoms with Crippen LogP contribution in [0.1, 0.15) is 73.5 Å². The van der Waals surface area contributed by atoms with Crippen LogP contribution in [-0.4, -0.2) is 57.5 Å². The minimum absolute atomic E-state index is 0.00227. The van der Waals surface area contributed by atoms with Gasteiger partial charge in [-0.3, -0.25) is 14.7 Å². The van der Waals surface area contributed by atoms with E-state index in [2.05, 4.69) is 10.2 Å². The lowest BCUT2D eigenvalue weighted by Gasteiger charge is -2.23. The van der Waals surface area contributed by atoms with E-state index in [1.807, 2.05) is 15.9 Å². The molecule has 1 aromatic rings. The van der Waals surface area contributed by atoms with Crippen LogP contribution < -0.4 is 0 Å². The number of aromatic amines is 1. The maximum absolute atomic E-state index is 12.7. The van der Waals surface area contributed by atoms with Crippen LogP contribution in [0, 0.1) is 0 Å². The topological polar surface area (TPSA) is 69.3 Å². The minimum atomic E-state index is 0.00227. The molecule has 1 atom stereocenters. The van der Waals surface area contributed by atoms with Crippen molar-refractivity contribution < 1.29 is 9.59 Å². The standard InChI is InChI=1S/C18H26N4O2/c23-17-7-4-9-22(17)14-8-10-21(12-14)18(24)16-11-15(19-20-16)13-5-2-1-3-6-13/h11,13-14H,1-10,12H2,(H,19,20). The molecule has 1 aromatic heterocycles. The van der Waals surface area contributed by atoms with Crippen molar-refractivity contribution in [3.05, 3.63) is 17.5 Å². The number of aromatic nitrogens is 2. The van der Waals surface area contributed by atoms with Crippen LogP contribution in [0.3, 0.4) is 0 Å². The average molecular weight is 330 g/mol. The van der Waals surface area contributed by atoms with Gasteiger partial charge >= 0.3 is 0 Å². The Labute approximate surface area is 142 Å².